The van der Waals surface area contributed by atoms with Crippen LogP contribution in [0.25, 0.3) is 0 Å². The Morgan fingerprint density at radius 1 is 1.22 bits per heavy atom. The second-order valence-corrected chi connectivity index (χ2v) is 6.34. The van der Waals surface area contributed by atoms with Gasteiger partial charge in [0.1, 0.15) is 24.0 Å². The molecule has 6 nitrogen and oxygen atoms in total. The van der Waals surface area contributed by atoms with Crippen LogP contribution in [0.15, 0.2) is 66.1 Å². The zero-order valence-electron chi connectivity index (χ0n) is 14.8. The van der Waals surface area contributed by atoms with Crippen LogP contribution in [-0.4, -0.2) is 10.2 Å². The number of nitrogens with two attached hydrogens (primary N) is 1. The van der Waals surface area contributed by atoms with Crippen molar-refractivity contribution in [2.24, 2.45) is 5.73 Å². The summed E-state index contributed by atoms with van der Waals surface area (Å²) in [6, 6.07) is 19.8. The number of H-pyrrole nitrogens is 1. The normalized spacial score (nSPS) is 15.6. The van der Waals surface area contributed by atoms with E-state index in [1.807, 2.05) is 61.5 Å². The highest BCUT2D eigenvalue weighted by molar-refractivity contribution is 5.55. The van der Waals surface area contributed by atoms with Crippen molar-refractivity contribution < 1.29 is 9.47 Å². The standard InChI is InChI=1S/C21H18N4O2/c1-13-18-19(17(11-22)20(23)27-21(18)25-24-13)15-8-5-9-16(10-15)26-12-14-6-3-2-4-7-14/h2-10,19H,12,23H2,1H3,(H,24,25)/t19-/m0/s1. The topological polar surface area (TPSA) is 97.0 Å². The molecule has 0 saturated carbocycles. The number of aryl methyl sites for hydroxylation is 1. The molecule has 0 spiro atoms. The lowest BCUT2D eigenvalue weighted by Gasteiger charge is -2.24. The SMILES string of the molecule is Cc1[nH]nc2c1[C@@H](c1cccc(OCc3ccccc3)c1)C(C#N)=C(N)O2. The molecular weight excluding hydrogens is 340 g/mol. The van der Waals surface area contributed by atoms with Gasteiger partial charge in [-0.3, -0.25) is 5.10 Å². The van der Waals surface area contributed by atoms with Crippen molar-refractivity contribution in [1.82, 2.24) is 10.2 Å². The van der Waals surface area contributed by atoms with E-state index in [0.29, 0.717) is 18.1 Å². The molecule has 0 aliphatic carbocycles. The number of rotatable bonds is 4. The van der Waals surface area contributed by atoms with Crippen molar-refractivity contribution >= 4 is 0 Å². The first kappa shape index (κ1) is 16.7. The lowest BCUT2D eigenvalue weighted by molar-refractivity contribution is 0.306. The minimum atomic E-state index is -0.349. The molecule has 4 rings (SSSR count). The summed E-state index contributed by atoms with van der Waals surface area (Å²) in [6.45, 7) is 2.37. The smallest absolute Gasteiger partial charge is 0.244 e. The second-order valence-electron chi connectivity index (χ2n) is 6.34. The van der Waals surface area contributed by atoms with Crippen molar-refractivity contribution in [2.45, 2.75) is 19.4 Å². The zero-order valence-corrected chi connectivity index (χ0v) is 14.8. The summed E-state index contributed by atoms with van der Waals surface area (Å²) in [4.78, 5) is 0. The maximum absolute atomic E-state index is 9.64. The fourth-order valence-corrected chi connectivity index (χ4v) is 3.26. The molecule has 0 amide bonds. The van der Waals surface area contributed by atoms with Gasteiger partial charge in [-0.1, -0.05) is 42.5 Å². The maximum atomic E-state index is 9.64. The van der Waals surface area contributed by atoms with Crippen molar-refractivity contribution in [3.8, 4) is 17.7 Å². The number of allylic oxidation sites excluding steroid dienone is 1. The summed E-state index contributed by atoms with van der Waals surface area (Å²) in [7, 11) is 0. The summed E-state index contributed by atoms with van der Waals surface area (Å²) < 4.78 is 11.4. The second kappa shape index (κ2) is 6.89. The van der Waals surface area contributed by atoms with Crippen LogP contribution in [0.2, 0.25) is 0 Å². The van der Waals surface area contributed by atoms with Gasteiger partial charge in [-0.05, 0) is 30.2 Å². The van der Waals surface area contributed by atoms with Crippen LogP contribution in [0.3, 0.4) is 0 Å². The van der Waals surface area contributed by atoms with Gasteiger partial charge in [-0.25, -0.2) is 0 Å². The molecule has 134 valence electrons. The molecule has 1 aliphatic heterocycles. The van der Waals surface area contributed by atoms with Gasteiger partial charge in [-0.2, -0.15) is 5.26 Å². The van der Waals surface area contributed by atoms with Crippen LogP contribution < -0.4 is 15.2 Å². The average Bonchev–Trinajstić information content (AvgIpc) is 3.06. The number of fused-ring (bicyclic) bond motifs is 1. The van der Waals surface area contributed by atoms with E-state index in [0.717, 1.165) is 28.1 Å². The minimum absolute atomic E-state index is 0.0807. The predicted octanol–water partition coefficient (Wildman–Crippen LogP) is 3.52. The van der Waals surface area contributed by atoms with E-state index in [1.165, 1.54) is 0 Å². The Balaban J connectivity index is 1.68. The Morgan fingerprint density at radius 3 is 2.81 bits per heavy atom. The van der Waals surface area contributed by atoms with E-state index in [9.17, 15) is 5.26 Å². The van der Waals surface area contributed by atoms with Crippen LogP contribution in [-0.2, 0) is 6.61 Å². The van der Waals surface area contributed by atoms with E-state index in [2.05, 4.69) is 16.3 Å². The summed E-state index contributed by atoms with van der Waals surface area (Å²) in [6.07, 6.45) is 0. The Bertz CT molecular complexity index is 1050. The van der Waals surface area contributed by atoms with Gasteiger partial charge in [0.05, 0.1) is 5.92 Å². The Labute approximate surface area is 156 Å². The number of hydrogen-bond acceptors (Lipinski definition) is 5. The quantitative estimate of drug-likeness (QED) is 0.744. The third kappa shape index (κ3) is 3.11. The van der Waals surface area contributed by atoms with Gasteiger partial charge < -0.3 is 15.2 Å². The highest BCUT2D eigenvalue weighted by atomic mass is 16.5. The maximum Gasteiger partial charge on any atom is 0.244 e. The van der Waals surface area contributed by atoms with Crippen LogP contribution in [0.4, 0.5) is 0 Å². The zero-order chi connectivity index (χ0) is 18.8. The summed E-state index contributed by atoms with van der Waals surface area (Å²) in [5.74, 6) is 0.862. The van der Waals surface area contributed by atoms with Crippen LogP contribution in [0.1, 0.15) is 28.3 Å². The third-order valence-electron chi connectivity index (χ3n) is 4.57. The minimum Gasteiger partial charge on any atom is -0.489 e. The first-order chi connectivity index (χ1) is 13.2. The number of nitriles is 1. The molecule has 0 saturated heterocycles. The molecule has 1 aromatic heterocycles. The molecule has 3 aromatic rings. The van der Waals surface area contributed by atoms with Crippen molar-refractivity contribution in [3.63, 3.8) is 0 Å². The lowest BCUT2D eigenvalue weighted by atomic mass is 9.84. The average molecular weight is 358 g/mol. The first-order valence-corrected chi connectivity index (χ1v) is 8.56. The van der Waals surface area contributed by atoms with E-state index in [4.69, 9.17) is 15.2 Å². The van der Waals surface area contributed by atoms with Gasteiger partial charge in [0.25, 0.3) is 0 Å². The highest BCUT2D eigenvalue weighted by Crippen LogP contribution is 2.43. The van der Waals surface area contributed by atoms with Crippen LogP contribution in [0, 0.1) is 18.3 Å². The molecule has 2 heterocycles. The van der Waals surface area contributed by atoms with Crippen molar-refractivity contribution in [2.75, 3.05) is 0 Å². The number of nitrogens with one attached hydrogen (secondary N) is 1. The summed E-state index contributed by atoms with van der Waals surface area (Å²) in [5, 5.41) is 16.7. The Kier molecular flexibility index (Phi) is 4.27. The third-order valence-corrected chi connectivity index (χ3v) is 4.57. The predicted molar refractivity (Wildman–Crippen MR) is 99.8 cm³/mol. The van der Waals surface area contributed by atoms with Gasteiger partial charge >= 0.3 is 0 Å². The molecule has 0 fully saturated rings. The molecule has 27 heavy (non-hydrogen) atoms. The van der Waals surface area contributed by atoms with Crippen LogP contribution in [0.5, 0.6) is 11.6 Å². The Morgan fingerprint density at radius 2 is 2.04 bits per heavy atom. The molecular formula is C21H18N4O2. The number of aromatic amines is 1. The number of ether oxygens (including phenoxy) is 2. The monoisotopic (exact) mass is 358 g/mol. The fourth-order valence-electron chi connectivity index (χ4n) is 3.26. The Hall–Kier alpha value is -3.72. The van der Waals surface area contributed by atoms with Gasteiger partial charge in [0, 0.05) is 11.3 Å². The van der Waals surface area contributed by atoms with Gasteiger partial charge in [0.2, 0.25) is 11.8 Å². The van der Waals surface area contributed by atoms with Crippen molar-refractivity contribution in [1.29, 1.82) is 5.26 Å². The molecule has 3 N–H and O–H groups in total. The van der Waals surface area contributed by atoms with Gasteiger partial charge in [-0.15, -0.1) is 5.10 Å². The number of benzene rings is 2. The first-order valence-electron chi connectivity index (χ1n) is 8.56. The molecule has 2 aromatic carbocycles. The lowest BCUT2D eigenvalue weighted by Crippen LogP contribution is -2.21. The molecule has 0 unspecified atom stereocenters. The van der Waals surface area contributed by atoms with Gasteiger partial charge in [0.15, 0.2) is 0 Å². The fraction of sp³-hybridized carbons (Fsp3) is 0.143. The molecule has 1 aliphatic rings. The summed E-state index contributed by atoms with van der Waals surface area (Å²) >= 11 is 0. The molecule has 1 atom stereocenters. The van der Waals surface area contributed by atoms with E-state index in [1.54, 1.807) is 0 Å². The van der Waals surface area contributed by atoms with E-state index in [-0.39, 0.29) is 11.8 Å². The van der Waals surface area contributed by atoms with Crippen LogP contribution >= 0.6 is 0 Å². The molecule has 0 radical (unpaired) electrons. The number of aromatic nitrogens is 2. The summed E-state index contributed by atoms with van der Waals surface area (Å²) in [5.41, 5.74) is 9.97. The van der Waals surface area contributed by atoms with E-state index >= 15 is 0 Å². The number of nitrogens with zero attached hydrogens (tertiary/aromatic N) is 2. The molecule has 0 bridgehead atoms. The largest absolute Gasteiger partial charge is 0.489 e. The van der Waals surface area contributed by atoms with E-state index < -0.39 is 0 Å². The van der Waals surface area contributed by atoms with Crippen molar-refractivity contribution in [3.05, 3.63) is 88.4 Å². The number of hydrogen-bond donors (Lipinski definition) is 2. The highest BCUT2D eigenvalue weighted by Gasteiger charge is 2.34. The molecule has 6 heteroatoms.